The molecule has 3 aromatic carbocycles. The minimum absolute atomic E-state index is 0.105. The average molecular weight is 396 g/mol. The summed E-state index contributed by atoms with van der Waals surface area (Å²) in [6.45, 7) is 0.947. The Kier molecular flexibility index (Phi) is 6.93. The fraction of sp³-hybridized carbons (Fsp3) is 0.174. The summed E-state index contributed by atoms with van der Waals surface area (Å²) in [4.78, 5) is 12.3. The third-order valence-corrected chi connectivity index (χ3v) is 4.70. The minimum Gasteiger partial charge on any atom is -0.497 e. The molecule has 4 nitrogen and oxygen atoms in total. The highest BCUT2D eigenvalue weighted by molar-refractivity contribution is 6.31. The van der Waals surface area contributed by atoms with Crippen molar-refractivity contribution in [2.24, 2.45) is 0 Å². The van der Waals surface area contributed by atoms with E-state index in [-0.39, 0.29) is 5.91 Å². The Morgan fingerprint density at radius 3 is 2.29 bits per heavy atom. The fourth-order valence-electron chi connectivity index (χ4n) is 2.69. The SMILES string of the molecule is COc1ccc(CCNC(=O)c2ccc(OCc3ccccc3Cl)cc2)cc1. The van der Waals surface area contributed by atoms with E-state index < -0.39 is 0 Å². The summed E-state index contributed by atoms with van der Waals surface area (Å²) in [5.74, 6) is 1.41. The number of ether oxygens (including phenoxy) is 2. The Morgan fingerprint density at radius 2 is 1.61 bits per heavy atom. The average Bonchev–Trinajstić information content (AvgIpc) is 2.74. The number of hydrogen-bond donors (Lipinski definition) is 1. The first-order chi connectivity index (χ1) is 13.7. The van der Waals surface area contributed by atoms with E-state index in [0.29, 0.717) is 29.5 Å². The number of rotatable bonds is 8. The predicted octanol–water partition coefficient (Wildman–Crippen LogP) is 4.90. The number of nitrogens with one attached hydrogen (secondary N) is 1. The van der Waals surface area contributed by atoms with Crippen LogP contribution >= 0.6 is 11.6 Å². The Balaban J connectivity index is 1.47. The van der Waals surface area contributed by atoms with E-state index in [9.17, 15) is 4.79 Å². The van der Waals surface area contributed by atoms with Gasteiger partial charge in [-0.1, -0.05) is 41.9 Å². The summed E-state index contributed by atoms with van der Waals surface area (Å²) >= 11 is 6.13. The molecule has 3 rings (SSSR count). The molecule has 0 aliphatic carbocycles. The van der Waals surface area contributed by atoms with Crippen LogP contribution in [0, 0.1) is 0 Å². The summed E-state index contributed by atoms with van der Waals surface area (Å²) in [7, 11) is 1.64. The molecule has 0 saturated heterocycles. The van der Waals surface area contributed by atoms with Crippen molar-refractivity contribution in [1.82, 2.24) is 5.32 Å². The Morgan fingerprint density at radius 1 is 0.929 bits per heavy atom. The van der Waals surface area contributed by atoms with Gasteiger partial charge in [0, 0.05) is 22.7 Å². The number of hydrogen-bond acceptors (Lipinski definition) is 3. The zero-order valence-corrected chi connectivity index (χ0v) is 16.4. The summed E-state index contributed by atoms with van der Waals surface area (Å²) in [5.41, 5.74) is 2.66. The molecule has 3 aromatic rings. The molecular formula is C23H22ClNO3. The van der Waals surface area contributed by atoms with Crippen LogP contribution in [-0.4, -0.2) is 19.6 Å². The molecule has 0 aliphatic heterocycles. The van der Waals surface area contributed by atoms with E-state index in [1.165, 1.54) is 0 Å². The molecule has 1 N–H and O–H groups in total. The first-order valence-corrected chi connectivity index (χ1v) is 9.41. The van der Waals surface area contributed by atoms with Gasteiger partial charge in [0.1, 0.15) is 18.1 Å². The summed E-state index contributed by atoms with van der Waals surface area (Å²) < 4.78 is 10.9. The number of benzene rings is 3. The van der Waals surface area contributed by atoms with Crippen molar-refractivity contribution in [3.05, 3.63) is 94.5 Å². The second-order valence-electron chi connectivity index (χ2n) is 6.26. The molecule has 0 atom stereocenters. The lowest BCUT2D eigenvalue weighted by atomic mass is 10.1. The van der Waals surface area contributed by atoms with Gasteiger partial charge >= 0.3 is 0 Å². The van der Waals surface area contributed by atoms with Gasteiger partial charge < -0.3 is 14.8 Å². The molecule has 0 bridgehead atoms. The van der Waals surface area contributed by atoms with Gasteiger partial charge in [-0.2, -0.15) is 0 Å². The van der Waals surface area contributed by atoms with Gasteiger partial charge in [0.05, 0.1) is 7.11 Å². The largest absolute Gasteiger partial charge is 0.497 e. The highest BCUT2D eigenvalue weighted by Gasteiger charge is 2.06. The van der Waals surface area contributed by atoms with Crippen LogP contribution in [0.4, 0.5) is 0 Å². The van der Waals surface area contributed by atoms with Gasteiger partial charge in [-0.25, -0.2) is 0 Å². The van der Waals surface area contributed by atoms with Gasteiger partial charge in [0.2, 0.25) is 0 Å². The molecule has 0 heterocycles. The van der Waals surface area contributed by atoms with E-state index in [1.54, 1.807) is 31.4 Å². The quantitative estimate of drug-likeness (QED) is 0.590. The summed E-state index contributed by atoms with van der Waals surface area (Å²) in [6.07, 6.45) is 0.759. The number of amides is 1. The molecular weight excluding hydrogens is 374 g/mol. The molecule has 144 valence electrons. The molecule has 5 heteroatoms. The zero-order valence-electron chi connectivity index (χ0n) is 15.7. The van der Waals surface area contributed by atoms with Crippen molar-refractivity contribution in [1.29, 1.82) is 0 Å². The van der Waals surface area contributed by atoms with Gasteiger partial charge in [0.25, 0.3) is 5.91 Å². The van der Waals surface area contributed by atoms with Crippen molar-refractivity contribution in [3.63, 3.8) is 0 Å². The second-order valence-corrected chi connectivity index (χ2v) is 6.67. The lowest BCUT2D eigenvalue weighted by molar-refractivity contribution is 0.0954. The first kappa shape index (κ1) is 19.8. The highest BCUT2D eigenvalue weighted by Crippen LogP contribution is 2.19. The molecule has 0 aromatic heterocycles. The second kappa shape index (κ2) is 9.81. The molecule has 0 aliphatic rings. The van der Waals surface area contributed by atoms with Crippen LogP contribution in [0.1, 0.15) is 21.5 Å². The molecule has 0 saturated carbocycles. The van der Waals surface area contributed by atoms with E-state index >= 15 is 0 Å². The van der Waals surface area contributed by atoms with Crippen molar-refractivity contribution in [2.75, 3.05) is 13.7 Å². The van der Waals surface area contributed by atoms with E-state index in [1.807, 2.05) is 48.5 Å². The third-order valence-electron chi connectivity index (χ3n) is 4.33. The zero-order chi connectivity index (χ0) is 19.8. The van der Waals surface area contributed by atoms with Gasteiger partial charge in [-0.15, -0.1) is 0 Å². The van der Waals surface area contributed by atoms with Gasteiger partial charge in [-0.05, 0) is 54.4 Å². The monoisotopic (exact) mass is 395 g/mol. The maximum Gasteiger partial charge on any atom is 0.251 e. The van der Waals surface area contributed by atoms with Crippen molar-refractivity contribution in [2.45, 2.75) is 13.0 Å². The van der Waals surface area contributed by atoms with Crippen LogP contribution in [0.5, 0.6) is 11.5 Å². The van der Waals surface area contributed by atoms with Crippen LogP contribution in [0.15, 0.2) is 72.8 Å². The Hall–Kier alpha value is -2.98. The number of carbonyl (C=O) groups is 1. The number of methoxy groups -OCH3 is 1. The maximum absolute atomic E-state index is 12.3. The third kappa shape index (κ3) is 5.51. The van der Waals surface area contributed by atoms with E-state index in [0.717, 1.165) is 23.3 Å². The lowest BCUT2D eigenvalue weighted by Crippen LogP contribution is -2.25. The molecule has 0 radical (unpaired) electrons. The summed E-state index contributed by atoms with van der Waals surface area (Å²) in [6, 6.07) is 22.5. The fourth-order valence-corrected chi connectivity index (χ4v) is 2.88. The van der Waals surface area contributed by atoms with Crippen molar-refractivity contribution in [3.8, 4) is 11.5 Å². The lowest BCUT2D eigenvalue weighted by Gasteiger charge is -2.09. The van der Waals surface area contributed by atoms with E-state index in [2.05, 4.69) is 5.32 Å². The normalized spacial score (nSPS) is 10.4. The van der Waals surface area contributed by atoms with Crippen molar-refractivity contribution >= 4 is 17.5 Å². The van der Waals surface area contributed by atoms with Gasteiger partial charge in [0.15, 0.2) is 0 Å². The molecule has 1 amide bonds. The molecule has 28 heavy (non-hydrogen) atoms. The van der Waals surface area contributed by atoms with Crippen LogP contribution in [0.25, 0.3) is 0 Å². The topological polar surface area (TPSA) is 47.6 Å². The first-order valence-electron chi connectivity index (χ1n) is 9.03. The Bertz CT molecular complexity index is 908. The number of halogens is 1. The highest BCUT2D eigenvalue weighted by atomic mass is 35.5. The van der Waals surface area contributed by atoms with Crippen LogP contribution in [-0.2, 0) is 13.0 Å². The van der Waals surface area contributed by atoms with Crippen LogP contribution in [0.2, 0.25) is 5.02 Å². The Labute approximate surface area is 170 Å². The van der Waals surface area contributed by atoms with Crippen molar-refractivity contribution < 1.29 is 14.3 Å². The predicted molar refractivity (Wildman–Crippen MR) is 111 cm³/mol. The molecule has 0 fully saturated rings. The smallest absolute Gasteiger partial charge is 0.251 e. The van der Waals surface area contributed by atoms with E-state index in [4.69, 9.17) is 21.1 Å². The van der Waals surface area contributed by atoms with Crippen LogP contribution < -0.4 is 14.8 Å². The van der Waals surface area contributed by atoms with Gasteiger partial charge in [-0.3, -0.25) is 4.79 Å². The summed E-state index contributed by atoms with van der Waals surface area (Å²) in [5, 5.41) is 3.61. The molecule has 0 unspecified atom stereocenters. The molecule has 0 spiro atoms. The minimum atomic E-state index is -0.105. The van der Waals surface area contributed by atoms with Crippen LogP contribution in [0.3, 0.4) is 0 Å². The number of carbonyl (C=O) groups excluding carboxylic acids is 1. The standard InChI is InChI=1S/C23H22ClNO3/c1-27-20-10-6-17(7-11-20)14-15-25-23(26)18-8-12-21(13-9-18)28-16-19-4-2-3-5-22(19)24/h2-13H,14-16H2,1H3,(H,25,26). The maximum atomic E-state index is 12.3.